The van der Waals surface area contributed by atoms with Crippen LogP contribution in [0.5, 0.6) is 0 Å². The monoisotopic (exact) mass is 325 g/mol. The molecule has 0 radical (unpaired) electrons. The minimum absolute atomic E-state index is 0.178. The van der Waals surface area contributed by atoms with Crippen molar-refractivity contribution in [3.05, 3.63) is 46.7 Å². The van der Waals surface area contributed by atoms with E-state index in [1.54, 1.807) is 25.1 Å². The molecule has 0 fully saturated rings. The summed E-state index contributed by atoms with van der Waals surface area (Å²) in [6, 6.07) is 6.49. The van der Waals surface area contributed by atoms with Crippen LogP contribution in [0, 0.1) is 6.92 Å². The fraction of sp³-hybridized carbons (Fsp3) is 0.214. The van der Waals surface area contributed by atoms with Crippen molar-refractivity contribution < 1.29 is 8.42 Å². The number of nitrogen functional groups attached to an aromatic ring is 1. The van der Waals surface area contributed by atoms with E-state index < -0.39 is 10.0 Å². The predicted octanol–water partition coefficient (Wildman–Crippen LogP) is 2.99. The summed E-state index contributed by atoms with van der Waals surface area (Å²) in [5.41, 5.74) is 7.86. The number of sulfonamides is 1. The number of nitrogens with one attached hydrogen (secondary N) is 1. The van der Waals surface area contributed by atoms with Crippen LogP contribution >= 0.6 is 11.6 Å². The molecule has 2 aromatic rings. The number of aryl methyl sites for hydroxylation is 2. The fourth-order valence-electron chi connectivity index (χ4n) is 1.94. The lowest BCUT2D eigenvalue weighted by Crippen LogP contribution is -2.15. The van der Waals surface area contributed by atoms with Crippen LogP contribution in [0.1, 0.15) is 18.1 Å². The molecule has 0 aliphatic rings. The molecule has 0 aliphatic heterocycles. The van der Waals surface area contributed by atoms with E-state index in [1.807, 2.05) is 6.92 Å². The van der Waals surface area contributed by atoms with Gasteiger partial charge in [0.15, 0.2) is 0 Å². The van der Waals surface area contributed by atoms with E-state index >= 15 is 0 Å². The van der Waals surface area contributed by atoms with Gasteiger partial charge in [0.2, 0.25) is 0 Å². The van der Waals surface area contributed by atoms with Gasteiger partial charge in [-0.15, -0.1) is 0 Å². The molecule has 0 spiro atoms. The first-order valence-corrected chi connectivity index (χ1v) is 8.23. The Kier molecular flexibility index (Phi) is 4.39. The van der Waals surface area contributed by atoms with Gasteiger partial charge in [-0.2, -0.15) is 0 Å². The molecule has 0 unspecified atom stereocenters. The van der Waals surface area contributed by atoms with Crippen molar-refractivity contribution in [3.8, 4) is 0 Å². The van der Waals surface area contributed by atoms with Crippen LogP contribution in [0.25, 0.3) is 0 Å². The van der Waals surface area contributed by atoms with Crippen molar-refractivity contribution >= 4 is 33.0 Å². The maximum absolute atomic E-state index is 12.5. The van der Waals surface area contributed by atoms with Gasteiger partial charge in [0.05, 0.1) is 16.8 Å². The number of hydrogen-bond donors (Lipinski definition) is 2. The summed E-state index contributed by atoms with van der Waals surface area (Å²) in [7, 11) is -3.72. The first-order valence-electron chi connectivity index (χ1n) is 6.37. The highest BCUT2D eigenvalue weighted by Gasteiger charge is 2.18. The number of nitrogens with zero attached hydrogens (tertiary/aromatic N) is 1. The smallest absolute Gasteiger partial charge is 0.262 e. The maximum Gasteiger partial charge on any atom is 0.262 e. The third kappa shape index (κ3) is 3.46. The highest BCUT2D eigenvalue weighted by molar-refractivity contribution is 7.92. The van der Waals surface area contributed by atoms with Gasteiger partial charge in [-0.1, -0.05) is 24.6 Å². The third-order valence-electron chi connectivity index (χ3n) is 3.03. The topological polar surface area (TPSA) is 85.1 Å². The largest absolute Gasteiger partial charge is 0.399 e. The van der Waals surface area contributed by atoms with Gasteiger partial charge in [0.1, 0.15) is 5.15 Å². The van der Waals surface area contributed by atoms with Crippen molar-refractivity contribution in [1.29, 1.82) is 0 Å². The molecule has 112 valence electrons. The summed E-state index contributed by atoms with van der Waals surface area (Å²) >= 11 is 5.83. The van der Waals surface area contributed by atoms with E-state index in [-0.39, 0.29) is 4.90 Å². The van der Waals surface area contributed by atoms with Crippen molar-refractivity contribution in [2.24, 2.45) is 0 Å². The quantitative estimate of drug-likeness (QED) is 0.668. The Bertz CT molecular complexity index is 776. The molecule has 0 atom stereocenters. The van der Waals surface area contributed by atoms with Crippen LogP contribution in [0.4, 0.5) is 11.4 Å². The Hall–Kier alpha value is -1.79. The lowest BCUT2D eigenvalue weighted by molar-refractivity contribution is 0.600. The van der Waals surface area contributed by atoms with Gasteiger partial charge >= 0.3 is 0 Å². The Morgan fingerprint density at radius 2 is 2.05 bits per heavy atom. The first kappa shape index (κ1) is 15.6. The lowest BCUT2D eigenvalue weighted by atomic mass is 10.1. The van der Waals surface area contributed by atoms with E-state index in [9.17, 15) is 8.42 Å². The summed E-state index contributed by atoms with van der Waals surface area (Å²) in [6.07, 6.45) is 1.97. The summed E-state index contributed by atoms with van der Waals surface area (Å²) < 4.78 is 27.5. The number of rotatable bonds is 4. The van der Waals surface area contributed by atoms with Crippen LogP contribution in [0.2, 0.25) is 5.15 Å². The highest BCUT2D eigenvalue weighted by Crippen LogP contribution is 2.24. The maximum atomic E-state index is 12.5. The number of hydrogen-bond acceptors (Lipinski definition) is 4. The van der Waals surface area contributed by atoms with Crippen molar-refractivity contribution in [2.45, 2.75) is 25.2 Å². The molecule has 0 amide bonds. The SMILES string of the molecule is CCc1ccc(N)cc1S(=O)(=O)Nc1cnc(Cl)c(C)c1. The van der Waals surface area contributed by atoms with E-state index in [1.165, 1.54) is 12.3 Å². The number of pyridine rings is 1. The van der Waals surface area contributed by atoms with Crippen molar-refractivity contribution in [2.75, 3.05) is 10.5 Å². The van der Waals surface area contributed by atoms with Crippen LogP contribution < -0.4 is 10.5 Å². The Morgan fingerprint density at radius 1 is 1.33 bits per heavy atom. The number of halogens is 1. The summed E-state index contributed by atoms with van der Waals surface area (Å²) in [4.78, 5) is 4.11. The van der Waals surface area contributed by atoms with Gasteiger partial charge in [-0.25, -0.2) is 13.4 Å². The average molecular weight is 326 g/mol. The van der Waals surface area contributed by atoms with Crippen LogP contribution in [0.15, 0.2) is 35.4 Å². The fourth-order valence-corrected chi connectivity index (χ4v) is 3.42. The Balaban J connectivity index is 2.42. The van der Waals surface area contributed by atoms with E-state index in [4.69, 9.17) is 17.3 Å². The normalized spacial score (nSPS) is 11.4. The molecule has 21 heavy (non-hydrogen) atoms. The number of nitrogens with two attached hydrogens (primary N) is 1. The van der Waals surface area contributed by atoms with Crippen LogP contribution in [0.3, 0.4) is 0 Å². The average Bonchev–Trinajstić information content (AvgIpc) is 2.42. The van der Waals surface area contributed by atoms with Crippen molar-refractivity contribution in [1.82, 2.24) is 4.98 Å². The minimum Gasteiger partial charge on any atom is -0.399 e. The zero-order chi connectivity index (χ0) is 15.6. The molecule has 5 nitrogen and oxygen atoms in total. The van der Waals surface area contributed by atoms with Gasteiger partial charge in [0, 0.05) is 5.69 Å². The Morgan fingerprint density at radius 3 is 2.67 bits per heavy atom. The second kappa shape index (κ2) is 5.91. The minimum atomic E-state index is -3.72. The molecule has 0 bridgehead atoms. The third-order valence-corrected chi connectivity index (χ3v) is 4.89. The number of anilines is 2. The first-order chi connectivity index (χ1) is 9.83. The molecule has 2 rings (SSSR count). The molecule has 1 heterocycles. The van der Waals surface area contributed by atoms with E-state index in [0.29, 0.717) is 34.1 Å². The molecule has 0 aliphatic carbocycles. The van der Waals surface area contributed by atoms with Crippen molar-refractivity contribution in [3.63, 3.8) is 0 Å². The summed E-state index contributed by atoms with van der Waals surface area (Å²) in [5, 5.41) is 0.344. The zero-order valence-electron chi connectivity index (χ0n) is 11.7. The standard InChI is InChI=1S/C14H16ClN3O2S/c1-3-10-4-5-11(16)7-13(10)21(19,20)18-12-6-9(2)14(15)17-8-12/h4-8,18H,3,16H2,1-2H3. The second-order valence-electron chi connectivity index (χ2n) is 4.66. The van der Waals surface area contributed by atoms with Gasteiger partial charge in [0.25, 0.3) is 10.0 Å². The van der Waals surface area contributed by atoms with Gasteiger partial charge < -0.3 is 5.73 Å². The molecule has 3 N–H and O–H groups in total. The molecule has 0 saturated carbocycles. The highest BCUT2D eigenvalue weighted by atomic mass is 35.5. The second-order valence-corrected chi connectivity index (χ2v) is 6.67. The Labute approximate surface area is 129 Å². The molecule has 0 saturated heterocycles. The van der Waals surface area contributed by atoms with Crippen LogP contribution in [-0.4, -0.2) is 13.4 Å². The van der Waals surface area contributed by atoms with Gasteiger partial charge in [-0.3, -0.25) is 4.72 Å². The predicted molar refractivity (Wildman–Crippen MR) is 85.0 cm³/mol. The molecule has 1 aromatic carbocycles. The molecule has 7 heteroatoms. The van der Waals surface area contributed by atoms with Crippen LogP contribution in [-0.2, 0) is 16.4 Å². The van der Waals surface area contributed by atoms with E-state index in [2.05, 4.69) is 9.71 Å². The number of benzene rings is 1. The number of aromatic nitrogens is 1. The zero-order valence-corrected chi connectivity index (χ0v) is 13.3. The van der Waals surface area contributed by atoms with E-state index in [0.717, 1.165) is 0 Å². The molecule has 1 aromatic heterocycles. The lowest BCUT2D eigenvalue weighted by Gasteiger charge is -2.12. The summed E-state index contributed by atoms with van der Waals surface area (Å²) in [5.74, 6) is 0. The van der Waals surface area contributed by atoms with Gasteiger partial charge in [-0.05, 0) is 42.7 Å². The molecular formula is C14H16ClN3O2S. The summed E-state index contributed by atoms with van der Waals surface area (Å²) in [6.45, 7) is 3.64. The molecular weight excluding hydrogens is 310 g/mol.